The number of rotatable bonds is 4. The Balaban J connectivity index is 2.34. The third-order valence-corrected chi connectivity index (χ3v) is 2.55. The second-order valence-electron chi connectivity index (χ2n) is 3.89. The van der Waals surface area contributed by atoms with E-state index in [4.69, 9.17) is 15.6 Å². The fraction of sp³-hybridized carbons (Fsp3) is 0.0714. The molecular weight excluding hydrogens is 249 g/mol. The number of halogens is 1. The predicted molar refractivity (Wildman–Crippen MR) is 67.4 cm³/mol. The van der Waals surface area contributed by atoms with Crippen LogP contribution in [-0.4, -0.2) is 11.0 Å². The molecule has 5 heteroatoms. The van der Waals surface area contributed by atoms with Gasteiger partial charge >= 0.3 is 0 Å². The molecule has 3 N–H and O–H groups in total. The van der Waals surface area contributed by atoms with Crippen LogP contribution in [0.4, 0.5) is 4.39 Å². The van der Waals surface area contributed by atoms with Crippen molar-refractivity contribution in [3.05, 3.63) is 59.4 Å². The quantitative estimate of drug-likeness (QED) is 0.886. The predicted octanol–water partition coefficient (Wildman–Crippen LogP) is 2.21. The summed E-state index contributed by atoms with van der Waals surface area (Å²) in [5.74, 6) is -1.12. The molecule has 0 aromatic heterocycles. The summed E-state index contributed by atoms with van der Waals surface area (Å²) in [7, 11) is 0. The number of hydrogen-bond donors (Lipinski definition) is 2. The lowest BCUT2D eigenvalue weighted by Gasteiger charge is -2.10. The molecule has 4 nitrogen and oxygen atoms in total. The molecule has 0 aliphatic heterocycles. The molecule has 0 bridgehead atoms. The number of para-hydroxylation sites is 1. The molecule has 0 aliphatic rings. The molecule has 0 radical (unpaired) electrons. The lowest BCUT2D eigenvalue weighted by atomic mass is 10.2. The normalized spacial score (nSPS) is 10.2. The molecule has 0 fully saturated rings. The second-order valence-corrected chi connectivity index (χ2v) is 3.89. The maximum Gasteiger partial charge on any atom is 0.252 e. The Morgan fingerprint density at radius 3 is 2.58 bits per heavy atom. The van der Waals surface area contributed by atoms with Crippen LogP contribution >= 0.6 is 0 Å². The van der Waals surface area contributed by atoms with E-state index in [1.54, 1.807) is 12.1 Å². The van der Waals surface area contributed by atoms with Crippen LogP contribution in [0.3, 0.4) is 0 Å². The number of carbonyl (C=O) groups excluding carboxylic acids is 1. The number of carbonyl (C=O) groups is 1. The van der Waals surface area contributed by atoms with E-state index in [0.717, 1.165) is 0 Å². The van der Waals surface area contributed by atoms with Gasteiger partial charge in [-0.1, -0.05) is 18.2 Å². The number of amides is 1. The smallest absolute Gasteiger partial charge is 0.252 e. The van der Waals surface area contributed by atoms with Gasteiger partial charge in [-0.15, -0.1) is 0 Å². The molecule has 98 valence electrons. The molecule has 0 heterocycles. The van der Waals surface area contributed by atoms with Crippen LogP contribution in [0.25, 0.3) is 0 Å². The number of benzene rings is 2. The first-order chi connectivity index (χ1) is 9.11. The van der Waals surface area contributed by atoms with E-state index in [0.29, 0.717) is 5.56 Å². The number of nitrogens with two attached hydrogens (primary N) is 1. The highest BCUT2D eigenvalue weighted by molar-refractivity contribution is 5.95. The first-order valence-corrected chi connectivity index (χ1v) is 5.58. The Morgan fingerprint density at radius 2 is 1.95 bits per heavy atom. The van der Waals surface area contributed by atoms with Crippen LogP contribution in [0.2, 0.25) is 0 Å². The molecule has 2 aromatic rings. The molecule has 0 atom stereocenters. The monoisotopic (exact) mass is 261 g/mol. The minimum Gasteiger partial charge on any atom is -0.453 e. The fourth-order valence-corrected chi connectivity index (χ4v) is 1.60. The zero-order chi connectivity index (χ0) is 13.8. The summed E-state index contributed by atoms with van der Waals surface area (Å²) >= 11 is 0. The second kappa shape index (κ2) is 5.49. The highest BCUT2D eigenvalue weighted by Gasteiger charge is 2.11. The van der Waals surface area contributed by atoms with Gasteiger partial charge in [0.1, 0.15) is 5.75 Å². The molecule has 19 heavy (non-hydrogen) atoms. The van der Waals surface area contributed by atoms with E-state index in [2.05, 4.69) is 0 Å². The first-order valence-electron chi connectivity index (χ1n) is 5.58. The third kappa shape index (κ3) is 2.89. The first kappa shape index (κ1) is 13.0. The van der Waals surface area contributed by atoms with Gasteiger partial charge in [0.05, 0.1) is 12.2 Å². The highest BCUT2D eigenvalue weighted by Crippen LogP contribution is 2.27. The summed E-state index contributed by atoms with van der Waals surface area (Å²) in [5, 5.41) is 8.89. The zero-order valence-corrected chi connectivity index (χ0v) is 9.97. The summed E-state index contributed by atoms with van der Waals surface area (Å²) in [5.41, 5.74) is 5.82. The lowest BCUT2D eigenvalue weighted by Crippen LogP contribution is -2.12. The van der Waals surface area contributed by atoms with Crippen LogP contribution < -0.4 is 10.5 Å². The van der Waals surface area contributed by atoms with Gasteiger partial charge in [0.25, 0.3) is 5.91 Å². The summed E-state index contributed by atoms with van der Waals surface area (Å²) in [6, 6.07) is 10.4. The number of aliphatic hydroxyl groups is 1. The minimum absolute atomic E-state index is 0.0362. The number of aliphatic hydroxyl groups excluding tert-OH is 1. The van der Waals surface area contributed by atoms with Crippen LogP contribution in [0, 0.1) is 5.82 Å². The van der Waals surface area contributed by atoms with E-state index in [9.17, 15) is 9.18 Å². The van der Waals surface area contributed by atoms with Crippen LogP contribution in [0.15, 0.2) is 42.5 Å². The molecule has 0 spiro atoms. The highest BCUT2D eigenvalue weighted by atomic mass is 19.1. The average molecular weight is 261 g/mol. The van der Waals surface area contributed by atoms with Crippen molar-refractivity contribution in [3.8, 4) is 11.5 Å². The van der Waals surface area contributed by atoms with Gasteiger partial charge in [0.2, 0.25) is 0 Å². The molecule has 2 aromatic carbocycles. The average Bonchev–Trinajstić information content (AvgIpc) is 2.41. The van der Waals surface area contributed by atoms with E-state index in [-0.39, 0.29) is 23.7 Å². The van der Waals surface area contributed by atoms with Crippen molar-refractivity contribution >= 4 is 5.91 Å². The van der Waals surface area contributed by atoms with Crippen molar-refractivity contribution in [3.63, 3.8) is 0 Å². The molecule has 0 saturated heterocycles. The van der Waals surface area contributed by atoms with Gasteiger partial charge in [-0.05, 0) is 29.8 Å². The van der Waals surface area contributed by atoms with Crippen LogP contribution in [0.1, 0.15) is 15.9 Å². The maximum atomic E-state index is 13.7. The Bertz CT molecular complexity index is 613. The van der Waals surface area contributed by atoms with Crippen molar-refractivity contribution in [1.82, 2.24) is 0 Å². The molecule has 0 saturated carbocycles. The summed E-state index contributed by atoms with van der Waals surface area (Å²) in [6.45, 7) is -0.255. The van der Waals surface area contributed by atoms with Crippen molar-refractivity contribution < 1.29 is 19.0 Å². The summed E-state index contributed by atoms with van der Waals surface area (Å²) < 4.78 is 19.0. The zero-order valence-electron chi connectivity index (χ0n) is 9.97. The minimum atomic E-state index is -0.650. The molecule has 2 rings (SSSR count). The Labute approximate surface area is 109 Å². The van der Waals surface area contributed by atoms with Gasteiger partial charge in [-0.2, -0.15) is 0 Å². The number of ether oxygens (including phenoxy) is 1. The van der Waals surface area contributed by atoms with Crippen molar-refractivity contribution in [2.75, 3.05) is 0 Å². The Kier molecular flexibility index (Phi) is 3.77. The van der Waals surface area contributed by atoms with Gasteiger partial charge in [-0.3, -0.25) is 4.79 Å². The number of primary amides is 1. The molecule has 1 amide bonds. The third-order valence-electron chi connectivity index (χ3n) is 2.55. The summed E-state index contributed by atoms with van der Waals surface area (Å²) in [4.78, 5) is 11.2. The molecule has 0 aliphatic carbocycles. The standard InChI is InChI=1S/C14H12FNO3/c15-11-7-9(8-17)5-6-13(11)19-12-4-2-1-3-10(12)14(16)18/h1-7,17H,8H2,(H2,16,18). The van der Waals surface area contributed by atoms with E-state index in [1.165, 1.54) is 30.3 Å². The van der Waals surface area contributed by atoms with Gasteiger partial charge in [0.15, 0.2) is 11.6 Å². The topological polar surface area (TPSA) is 72.6 Å². The fourth-order valence-electron chi connectivity index (χ4n) is 1.60. The van der Waals surface area contributed by atoms with Crippen molar-refractivity contribution in [2.45, 2.75) is 6.61 Å². The van der Waals surface area contributed by atoms with Crippen molar-refractivity contribution in [2.24, 2.45) is 5.73 Å². The lowest BCUT2D eigenvalue weighted by molar-refractivity contribution is 0.0998. The Morgan fingerprint density at radius 1 is 1.21 bits per heavy atom. The van der Waals surface area contributed by atoms with Gasteiger partial charge in [-0.25, -0.2) is 4.39 Å². The van der Waals surface area contributed by atoms with Crippen molar-refractivity contribution in [1.29, 1.82) is 0 Å². The van der Waals surface area contributed by atoms with Crippen LogP contribution in [0.5, 0.6) is 11.5 Å². The number of hydrogen-bond acceptors (Lipinski definition) is 3. The Hall–Kier alpha value is -2.40. The van der Waals surface area contributed by atoms with Crippen LogP contribution in [-0.2, 0) is 6.61 Å². The molecule has 0 unspecified atom stereocenters. The van der Waals surface area contributed by atoms with E-state index in [1.807, 2.05) is 0 Å². The van der Waals surface area contributed by atoms with Gasteiger partial charge in [0, 0.05) is 0 Å². The van der Waals surface area contributed by atoms with E-state index < -0.39 is 11.7 Å². The maximum absolute atomic E-state index is 13.7. The molecular formula is C14H12FNO3. The van der Waals surface area contributed by atoms with Gasteiger partial charge < -0.3 is 15.6 Å². The SMILES string of the molecule is NC(=O)c1ccccc1Oc1ccc(CO)cc1F. The largest absolute Gasteiger partial charge is 0.453 e. The summed E-state index contributed by atoms with van der Waals surface area (Å²) in [6.07, 6.45) is 0. The van der Waals surface area contributed by atoms with E-state index >= 15 is 0 Å².